The summed E-state index contributed by atoms with van der Waals surface area (Å²) in [6, 6.07) is 15.8. The van der Waals surface area contributed by atoms with Crippen molar-refractivity contribution in [2.24, 2.45) is 5.22 Å². The van der Waals surface area contributed by atoms with Gasteiger partial charge in [0, 0.05) is 5.69 Å². The highest BCUT2D eigenvalue weighted by Crippen LogP contribution is 2.37. The summed E-state index contributed by atoms with van der Waals surface area (Å²) < 4.78 is 0. The molecule has 2 aromatic carbocycles. The summed E-state index contributed by atoms with van der Waals surface area (Å²) in [6.07, 6.45) is -0.372. The Labute approximate surface area is 126 Å². The second kappa shape index (κ2) is 5.59. The van der Waals surface area contributed by atoms with Crippen LogP contribution in [0.15, 0.2) is 59.8 Å². The number of carbonyl (C=O) groups excluding carboxylic acids is 2. The average molecular weight is 293 g/mol. The number of nitrogens with zero attached hydrogens (tertiary/aromatic N) is 5. The number of rotatable bonds is 2. The fourth-order valence-electron chi connectivity index (χ4n) is 2.38. The van der Waals surface area contributed by atoms with Crippen molar-refractivity contribution in [1.82, 2.24) is 0 Å². The lowest BCUT2D eigenvalue weighted by Gasteiger charge is -2.21. The van der Waals surface area contributed by atoms with Crippen molar-refractivity contribution in [2.75, 3.05) is 9.91 Å². The van der Waals surface area contributed by atoms with E-state index in [9.17, 15) is 9.59 Å². The van der Waals surface area contributed by atoms with Gasteiger partial charge in [-0.05, 0) is 29.5 Å². The SMILES string of the molecule is [N-]=[N+]=NN1C(=O)CC(=O)N(c2ccccc2)c2ccccc21. The van der Waals surface area contributed by atoms with Crippen LogP contribution in [0.1, 0.15) is 6.42 Å². The molecule has 108 valence electrons. The van der Waals surface area contributed by atoms with Gasteiger partial charge in [0.15, 0.2) is 5.69 Å². The first-order valence-electron chi connectivity index (χ1n) is 6.57. The maximum atomic E-state index is 12.5. The van der Waals surface area contributed by atoms with Gasteiger partial charge in [-0.1, -0.05) is 30.3 Å². The monoisotopic (exact) mass is 293 g/mol. The van der Waals surface area contributed by atoms with Crippen LogP contribution in [0.2, 0.25) is 0 Å². The van der Waals surface area contributed by atoms with E-state index < -0.39 is 5.91 Å². The van der Waals surface area contributed by atoms with Gasteiger partial charge in [0.05, 0.1) is 5.69 Å². The van der Waals surface area contributed by atoms with Gasteiger partial charge in [0.2, 0.25) is 5.91 Å². The predicted molar refractivity (Wildman–Crippen MR) is 81.3 cm³/mol. The zero-order valence-electron chi connectivity index (χ0n) is 11.5. The Hall–Kier alpha value is -3.31. The van der Waals surface area contributed by atoms with Crippen molar-refractivity contribution < 1.29 is 9.59 Å². The molecular weight excluding hydrogens is 282 g/mol. The Morgan fingerprint density at radius 3 is 2.23 bits per heavy atom. The Morgan fingerprint density at radius 1 is 0.909 bits per heavy atom. The van der Waals surface area contributed by atoms with E-state index in [-0.39, 0.29) is 12.3 Å². The zero-order chi connectivity index (χ0) is 15.5. The van der Waals surface area contributed by atoms with Gasteiger partial charge in [-0.15, -0.1) is 10.5 Å². The van der Waals surface area contributed by atoms with Gasteiger partial charge < -0.3 is 0 Å². The van der Waals surface area contributed by atoms with Crippen LogP contribution in [-0.4, -0.2) is 11.8 Å². The number of amides is 2. The van der Waals surface area contributed by atoms with Crippen molar-refractivity contribution in [1.29, 1.82) is 0 Å². The second-order valence-corrected chi connectivity index (χ2v) is 4.61. The third-order valence-corrected chi connectivity index (χ3v) is 3.28. The minimum atomic E-state index is -0.561. The van der Waals surface area contributed by atoms with E-state index in [1.54, 1.807) is 36.4 Å². The number of azide groups is 1. The molecule has 0 bridgehead atoms. The molecule has 1 heterocycles. The maximum absolute atomic E-state index is 12.5. The van der Waals surface area contributed by atoms with E-state index in [1.807, 2.05) is 18.2 Å². The van der Waals surface area contributed by atoms with E-state index in [4.69, 9.17) is 5.53 Å². The average Bonchev–Trinajstić information content (AvgIpc) is 2.64. The molecule has 7 nitrogen and oxygen atoms in total. The molecule has 1 aliphatic rings. The summed E-state index contributed by atoms with van der Waals surface area (Å²) in [4.78, 5) is 28.8. The number of para-hydroxylation sites is 3. The summed E-state index contributed by atoms with van der Waals surface area (Å²) in [5.74, 6) is -0.937. The van der Waals surface area contributed by atoms with Gasteiger partial charge in [0.1, 0.15) is 6.42 Å². The summed E-state index contributed by atoms with van der Waals surface area (Å²) >= 11 is 0. The smallest absolute Gasteiger partial charge is 0.276 e. The number of anilines is 3. The third kappa shape index (κ3) is 2.25. The van der Waals surface area contributed by atoms with Crippen LogP contribution >= 0.6 is 0 Å². The molecular formula is C15H11N5O2. The summed E-state index contributed by atoms with van der Waals surface area (Å²) in [5.41, 5.74) is 10.2. The molecule has 2 amide bonds. The number of benzene rings is 2. The van der Waals surface area contributed by atoms with E-state index in [0.717, 1.165) is 5.01 Å². The minimum Gasteiger partial charge on any atom is -0.276 e. The number of fused-ring (bicyclic) bond motifs is 1. The van der Waals surface area contributed by atoms with Crippen LogP contribution in [0.5, 0.6) is 0 Å². The quantitative estimate of drug-likeness (QED) is 0.368. The normalized spacial score (nSPS) is 14.2. The first-order valence-corrected chi connectivity index (χ1v) is 6.57. The molecule has 0 aromatic heterocycles. The van der Waals surface area contributed by atoms with Crippen LogP contribution in [0.3, 0.4) is 0 Å². The predicted octanol–water partition coefficient (Wildman–Crippen LogP) is 3.31. The van der Waals surface area contributed by atoms with Crippen molar-refractivity contribution in [3.63, 3.8) is 0 Å². The van der Waals surface area contributed by atoms with E-state index >= 15 is 0 Å². The van der Waals surface area contributed by atoms with E-state index in [1.165, 1.54) is 4.90 Å². The molecule has 2 aromatic rings. The molecule has 0 unspecified atom stereocenters. The molecule has 0 saturated heterocycles. The van der Waals surface area contributed by atoms with Crippen molar-refractivity contribution in [3.8, 4) is 0 Å². The Balaban J connectivity index is 2.23. The summed E-state index contributed by atoms with van der Waals surface area (Å²) in [5, 5.41) is 4.34. The zero-order valence-corrected chi connectivity index (χ0v) is 11.5. The number of hydrogen-bond donors (Lipinski definition) is 0. The molecule has 22 heavy (non-hydrogen) atoms. The highest BCUT2D eigenvalue weighted by Gasteiger charge is 2.35. The van der Waals surface area contributed by atoms with Crippen molar-refractivity contribution in [2.45, 2.75) is 6.42 Å². The standard InChI is InChI=1S/C15H11N5O2/c16-17-18-20-13-9-5-4-8-12(13)19(14(21)10-15(20)22)11-6-2-1-3-7-11/h1-9H,10H2. The topological polar surface area (TPSA) is 89.4 Å². The van der Waals surface area contributed by atoms with Gasteiger partial charge in [-0.3, -0.25) is 9.69 Å². The molecule has 0 spiro atoms. The fraction of sp³-hybridized carbons (Fsp3) is 0.0667. The highest BCUT2D eigenvalue weighted by molar-refractivity contribution is 6.17. The first kappa shape index (κ1) is 13.7. The summed E-state index contributed by atoms with van der Waals surface area (Å²) in [7, 11) is 0. The molecule has 0 atom stereocenters. The molecule has 0 fully saturated rings. The highest BCUT2D eigenvalue weighted by atomic mass is 16.2. The Morgan fingerprint density at radius 2 is 1.55 bits per heavy atom. The van der Waals surface area contributed by atoms with Crippen LogP contribution in [0, 0.1) is 0 Å². The Bertz CT molecular complexity index is 784. The van der Waals surface area contributed by atoms with Crippen LogP contribution < -0.4 is 9.91 Å². The summed E-state index contributed by atoms with van der Waals surface area (Å²) in [6.45, 7) is 0. The molecule has 0 N–H and O–H groups in total. The lowest BCUT2D eigenvalue weighted by Crippen LogP contribution is -2.28. The second-order valence-electron chi connectivity index (χ2n) is 4.61. The van der Waals surface area contributed by atoms with Crippen LogP contribution in [0.25, 0.3) is 10.4 Å². The van der Waals surface area contributed by atoms with E-state index in [0.29, 0.717) is 17.1 Å². The Kier molecular flexibility index (Phi) is 3.47. The lowest BCUT2D eigenvalue weighted by molar-refractivity contribution is -0.125. The van der Waals surface area contributed by atoms with Gasteiger partial charge in [-0.2, -0.15) is 4.91 Å². The molecule has 0 radical (unpaired) electrons. The van der Waals surface area contributed by atoms with Gasteiger partial charge in [-0.25, -0.2) is 4.79 Å². The molecule has 0 aliphatic carbocycles. The van der Waals surface area contributed by atoms with Crippen LogP contribution in [-0.2, 0) is 9.59 Å². The molecule has 1 aliphatic heterocycles. The van der Waals surface area contributed by atoms with Gasteiger partial charge in [0.25, 0.3) is 0 Å². The van der Waals surface area contributed by atoms with Crippen LogP contribution in [0.4, 0.5) is 17.1 Å². The molecule has 7 heteroatoms. The maximum Gasteiger partial charge on any atom is 0.327 e. The van der Waals surface area contributed by atoms with Crippen molar-refractivity contribution >= 4 is 28.9 Å². The fourth-order valence-corrected chi connectivity index (χ4v) is 2.38. The lowest BCUT2D eigenvalue weighted by atomic mass is 10.2. The van der Waals surface area contributed by atoms with E-state index in [2.05, 4.69) is 10.1 Å². The number of hydrogen-bond acceptors (Lipinski definition) is 3. The molecule has 0 saturated carbocycles. The third-order valence-electron chi connectivity index (χ3n) is 3.28. The first-order chi connectivity index (χ1) is 10.7. The number of carbonyl (C=O) groups is 2. The minimum absolute atomic E-state index is 0.372. The largest absolute Gasteiger partial charge is 0.327 e. The molecule has 3 rings (SSSR count). The van der Waals surface area contributed by atoms with Crippen molar-refractivity contribution in [3.05, 3.63) is 65.0 Å². The van der Waals surface area contributed by atoms with Gasteiger partial charge >= 0.3 is 5.91 Å².